The van der Waals surface area contributed by atoms with Gasteiger partial charge in [-0.2, -0.15) is 4.31 Å². The zero-order chi connectivity index (χ0) is 20.3. The van der Waals surface area contributed by atoms with Crippen molar-refractivity contribution in [2.75, 3.05) is 33.3 Å². The lowest BCUT2D eigenvalue weighted by molar-refractivity contribution is -0.149. The van der Waals surface area contributed by atoms with Gasteiger partial charge >= 0.3 is 5.97 Å². The molecule has 1 aromatic carbocycles. The number of rotatable bonds is 4. The molecule has 3 rings (SSSR count). The van der Waals surface area contributed by atoms with E-state index in [4.69, 9.17) is 16.3 Å². The molecule has 28 heavy (non-hydrogen) atoms. The van der Waals surface area contributed by atoms with Crippen molar-refractivity contribution in [1.29, 1.82) is 0 Å². The van der Waals surface area contributed by atoms with Gasteiger partial charge in [0, 0.05) is 37.1 Å². The van der Waals surface area contributed by atoms with Gasteiger partial charge in [0.25, 0.3) is 0 Å². The first-order valence-corrected chi connectivity index (χ1v) is 11.3. The highest BCUT2D eigenvalue weighted by Crippen LogP contribution is 2.27. The molecule has 0 spiro atoms. The second-order valence-electron chi connectivity index (χ2n) is 7.25. The van der Waals surface area contributed by atoms with Crippen molar-refractivity contribution in [1.82, 2.24) is 9.21 Å². The van der Waals surface area contributed by atoms with Crippen molar-refractivity contribution in [3.63, 3.8) is 0 Å². The lowest BCUT2D eigenvalue weighted by atomic mass is 9.92. The zero-order valence-corrected chi connectivity index (χ0v) is 17.4. The maximum Gasteiger partial charge on any atom is 0.308 e. The summed E-state index contributed by atoms with van der Waals surface area (Å²) in [5, 5.41) is 0.485. The maximum atomic E-state index is 12.8. The van der Waals surface area contributed by atoms with Gasteiger partial charge in [0.05, 0.1) is 17.9 Å². The molecule has 1 aromatic rings. The molecule has 2 aliphatic heterocycles. The number of piperidine rings is 2. The number of nitrogens with zero attached hydrogens (tertiary/aromatic N) is 2. The molecular formula is C19H25ClN2O5S. The molecule has 0 N–H and O–H groups in total. The number of carbonyl (C=O) groups excluding carboxylic acids is 2. The number of benzene rings is 1. The minimum atomic E-state index is -3.57. The van der Waals surface area contributed by atoms with E-state index in [1.165, 1.54) is 23.5 Å². The summed E-state index contributed by atoms with van der Waals surface area (Å²) >= 11 is 5.83. The third kappa shape index (κ3) is 4.50. The van der Waals surface area contributed by atoms with E-state index in [-0.39, 0.29) is 28.6 Å². The van der Waals surface area contributed by atoms with Crippen LogP contribution in [0.25, 0.3) is 0 Å². The van der Waals surface area contributed by atoms with Crippen LogP contribution >= 0.6 is 11.6 Å². The van der Waals surface area contributed by atoms with Crippen LogP contribution < -0.4 is 0 Å². The molecule has 0 saturated carbocycles. The number of hydrogen-bond donors (Lipinski definition) is 0. The molecule has 0 radical (unpaired) electrons. The van der Waals surface area contributed by atoms with Crippen LogP contribution in [0.1, 0.15) is 25.7 Å². The molecule has 0 aromatic heterocycles. The Morgan fingerprint density at radius 2 is 1.50 bits per heavy atom. The number of halogens is 1. The van der Waals surface area contributed by atoms with Crippen LogP contribution in [0.3, 0.4) is 0 Å². The second kappa shape index (κ2) is 8.80. The van der Waals surface area contributed by atoms with Gasteiger partial charge in [0.1, 0.15) is 0 Å². The SMILES string of the molecule is COC(=O)C1CCN(C(=O)C2CCN(S(=O)(=O)c3ccc(Cl)cc3)CC2)CC1. The summed E-state index contributed by atoms with van der Waals surface area (Å²) in [6.07, 6.45) is 2.23. The molecule has 0 aliphatic carbocycles. The Morgan fingerprint density at radius 3 is 2.04 bits per heavy atom. The number of esters is 1. The van der Waals surface area contributed by atoms with E-state index >= 15 is 0 Å². The average molecular weight is 429 g/mol. The molecule has 2 heterocycles. The molecule has 0 bridgehead atoms. The Bertz CT molecular complexity index is 811. The van der Waals surface area contributed by atoms with Crippen molar-refractivity contribution in [2.45, 2.75) is 30.6 Å². The minimum Gasteiger partial charge on any atom is -0.469 e. The highest BCUT2D eigenvalue weighted by molar-refractivity contribution is 7.89. The lowest BCUT2D eigenvalue weighted by Crippen LogP contribution is -2.47. The molecule has 2 fully saturated rings. The summed E-state index contributed by atoms with van der Waals surface area (Å²) < 4.78 is 31.7. The summed E-state index contributed by atoms with van der Waals surface area (Å²) in [6.45, 7) is 1.73. The predicted molar refractivity (Wildman–Crippen MR) is 104 cm³/mol. The van der Waals surface area contributed by atoms with Crippen LogP contribution in [-0.2, 0) is 24.3 Å². The van der Waals surface area contributed by atoms with Crippen LogP contribution in [0, 0.1) is 11.8 Å². The van der Waals surface area contributed by atoms with Gasteiger partial charge in [-0.15, -0.1) is 0 Å². The number of amides is 1. The Kier molecular flexibility index (Phi) is 6.62. The first kappa shape index (κ1) is 21.1. The molecule has 2 aliphatic rings. The van der Waals surface area contributed by atoms with E-state index in [1.54, 1.807) is 17.0 Å². The quantitative estimate of drug-likeness (QED) is 0.686. The Morgan fingerprint density at radius 1 is 0.964 bits per heavy atom. The lowest BCUT2D eigenvalue weighted by Gasteiger charge is -2.36. The Balaban J connectivity index is 1.54. The monoisotopic (exact) mass is 428 g/mol. The van der Waals surface area contributed by atoms with Crippen LogP contribution in [-0.4, -0.2) is 62.8 Å². The Labute approximate surface area is 170 Å². The van der Waals surface area contributed by atoms with Gasteiger partial charge < -0.3 is 9.64 Å². The second-order valence-corrected chi connectivity index (χ2v) is 9.63. The Hall–Kier alpha value is -1.64. The summed E-state index contributed by atoms with van der Waals surface area (Å²) in [6, 6.07) is 6.12. The third-order valence-corrected chi connectivity index (χ3v) is 7.76. The van der Waals surface area contributed by atoms with E-state index in [0.717, 1.165) is 0 Å². The van der Waals surface area contributed by atoms with Crippen molar-refractivity contribution in [3.05, 3.63) is 29.3 Å². The first-order chi connectivity index (χ1) is 13.3. The molecule has 0 unspecified atom stereocenters. The van der Waals surface area contributed by atoms with Crippen LogP contribution in [0.4, 0.5) is 0 Å². The highest BCUT2D eigenvalue weighted by atomic mass is 35.5. The largest absolute Gasteiger partial charge is 0.469 e. The van der Waals surface area contributed by atoms with Gasteiger partial charge in [-0.05, 0) is 49.9 Å². The fraction of sp³-hybridized carbons (Fsp3) is 0.579. The fourth-order valence-electron chi connectivity index (χ4n) is 3.86. The van der Waals surface area contributed by atoms with Crippen LogP contribution in [0.2, 0.25) is 5.02 Å². The molecule has 1 amide bonds. The number of ether oxygens (including phenoxy) is 1. The van der Waals surface area contributed by atoms with Crippen molar-refractivity contribution < 1.29 is 22.7 Å². The molecule has 154 valence electrons. The average Bonchev–Trinajstić information content (AvgIpc) is 2.73. The smallest absolute Gasteiger partial charge is 0.308 e. The van der Waals surface area contributed by atoms with Crippen molar-refractivity contribution in [3.8, 4) is 0 Å². The number of hydrogen-bond acceptors (Lipinski definition) is 5. The summed E-state index contributed by atoms with van der Waals surface area (Å²) in [7, 11) is -2.19. The number of sulfonamides is 1. The van der Waals surface area contributed by atoms with Crippen molar-refractivity contribution >= 4 is 33.5 Å². The van der Waals surface area contributed by atoms with Gasteiger partial charge in [0.15, 0.2) is 0 Å². The number of methoxy groups -OCH3 is 1. The topological polar surface area (TPSA) is 84.0 Å². The van der Waals surface area contributed by atoms with Gasteiger partial charge in [-0.25, -0.2) is 8.42 Å². The van der Waals surface area contributed by atoms with Gasteiger partial charge in [-0.1, -0.05) is 11.6 Å². The standard InChI is InChI=1S/C19H25ClN2O5S/c1-27-19(24)15-6-10-21(11-7-15)18(23)14-8-12-22(13-9-14)28(25,26)17-4-2-16(20)3-5-17/h2-5,14-15H,6-13H2,1H3. The van der Waals surface area contributed by atoms with E-state index in [0.29, 0.717) is 56.9 Å². The van der Waals surface area contributed by atoms with E-state index in [9.17, 15) is 18.0 Å². The normalized spacial score (nSPS) is 20.1. The van der Waals surface area contributed by atoms with Gasteiger partial charge in [-0.3, -0.25) is 9.59 Å². The van der Waals surface area contributed by atoms with Crippen molar-refractivity contribution in [2.24, 2.45) is 11.8 Å². The molecular weight excluding hydrogens is 404 g/mol. The summed E-state index contributed by atoms with van der Waals surface area (Å²) in [4.78, 5) is 26.4. The first-order valence-electron chi connectivity index (χ1n) is 9.45. The predicted octanol–water partition coefficient (Wildman–Crippen LogP) is 2.15. The molecule has 7 nitrogen and oxygen atoms in total. The molecule has 2 saturated heterocycles. The van der Waals surface area contributed by atoms with E-state index in [2.05, 4.69) is 0 Å². The molecule has 0 atom stereocenters. The number of carbonyl (C=O) groups is 2. The fourth-order valence-corrected chi connectivity index (χ4v) is 5.45. The highest BCUT2D eigenvalue weighted by Gasteiger charge is 2.35. The van der Waals surface area contributed by atoms with Crippen LogP contribution in [0.5, 0.6) is 0 Å². The molecule has 9 heteroatoms. The van der Waals surface area contributed by atoms with E-state index < -0.39 is 10.0 Å². The summed E-state index contributed by atoms with van der Waals surface area (Å²) in [5.41, 5.74) is 0. The summed E-state index contributed by atoms with van der Waals surface area (Å²) in [5.74, 6) is -0.466. The van der Waals surface area contributed by atoms with Gasteiger partial charge in [0.2, 0.25) is 15.9 Å². The zero-order valence-electron chi connectivity index (χ0n) is 15.8. The maximum absolute atomic E-state index is 12.8. The van der Waals surface area contributed by atoms with Crippen LogP contribution in [0.15, 0.2) is 29.2 Å². The van der Waals surface area contributed by atoms with E-state index in [1.807, 2.05) is 0 Å². The number of likely N-dealkylation sites (tertiary alicyclic amines) is 1. The third-order valence-electron chi connectivity index (χ3n) is 5.60. The minimum absolute atomic E-state index is 0.0619.